The monoisotopic (exact) mass is 641 g/mol. The number of unbranched alkanes of at least 4 members (excludes halogenated alkanes) is 17. The summed E-state index contributed by atoms with van der Waals surface area (Å²) < 4.78 is 11.1. The lowest BCUT2D eigenvalue weighted by atomic mass is 9.99. The lowest BCUT2D eigenvalue weighted by molar-refractivity contribution is -0.302. The molecule has 2 unspecified atom stereocenters. The molecule has 1 aliphatic rings. The van der Waals surface area contributed by atoms with E-state index >= 15 is 0 Å². The smallest absolute Gasteiger partial charge is 0.220 e. The molecule has 1 fully saturated rings. The second-order valence-electron chi connectivity index (χ2n) is 12.7. The predicted octanol–water partition coefficient (Wildman–Crippen LogP) is 5.60. The Balaban J connectivity index is 2.54. The van der Waals surface area contributed by atoms with Gasteiger partial charge in [0, 0.05) is 6.42 Å². The van der Waals surface area contributed by atoms with Crippen LogP contribution in [0.2, 0.25) is 0 Å². The molecule has 0 saturated carbocycles. The van der Waals surface area contributed by atoms with E-state index in [-0.39, 0.29) is 12.5 Å². The summed E-state index contributed by atoms with van der Waals surface area (Å²) in [5.41, 5.74) is 0. The van der Waals surface area contributed by atoms with Crippen LogP contribution in [0, 0.1) is 0 Å². The van der Waals surface area contributed by atoms with E-state index < -0.39 is 49.5 Å². The number of hydrogen-bond donors (Lipinski definition) is 6. The van der Waals surface area contributed by atoms with Gasteiger partial charge >= 0.3 is 0 Å². The third kappa shape index (κ3) is 19.8. The van der Waals surface area contributed by atoms with Crippen LogP contribution in [0.4, 0.5) is 0 Å². The first-order chi connectivity index (χ1) is 21.8. The van der Waals surface area contributed by atoms with Crippen molar-refractivity contribution in [1.82, 2.24) is 5.32 Å². The van der Waals surface area contributed by atoms with Crippen LogP contribution in [-0.4, -0.2) is 87.5 Å². The summed E-state index contributed by atoms with van der Waals surface area (Å²) in [5.74, 6) is -0.199. The van der Waals surface area contributed by atoms with Crippen molar-refractivity contribution in [2.75, 3.05) is 13.2 Å². The van der Waals surface area contributed by atoms with Crippen LogP contribution in [0.3, 0.4) is 0 Å². The molecule has 264 valence electrons. The minimum Gasteiger partial charge on any atom is -0.394 e. The highest BCUT2D eigenvalue weighted by molar-refractivity contribution is 5.76. The van der Waals surface area contributed by atoms with Gasteiger partial charge in [0.1, 0.15) is 24.4 Å². The zero-order valence-electron chi connectivity index (χ0n) is 28.4. The molecule has 1 amide bonds. The number of hydrogen-bond acceptors (Lipinski definition) is 8. The van der Waals surface area contributed by atoms with Crippen LogP contribution < -0.4 is 5.32 Å². The molecule has 0 aromatic heterocycles. The predicted molar refractivity (Wildman–Crippen MR) is 180 cm³/mol. The van der Waals surface area contributed by atoms with Crippen molar-refractivity contribution in [2.24, 2.45) is 0 Å². The van der Waals surface area contributed by atoms with Crippen molar-refractivity contribution in [2.45, 2.75) is 185 Å². The van der Waals surface area contributed by atoms with Gasteiger partial charge in [0.2, 0.25) is 5.91 Å². The first-order valence-corrected chi connectivity index (χ1v) is 18.1. The summed E-state index contributed by atoms with van der Waals surface area (Å²) in [5, 5.41) is 53.6. The van der Waals surface area contributed by atoms with Gasteiger partial charge in [-0.05, 0) is 19.3 Å². The fraction of sp³-hybridized carbons (Fsp3) is 0.861. The summed E-state index contributed by atoms with van der Waals surface area (Å²) in [6.07, 6.45) is 22.3. The van der Waals surface area contributed by atoms with E-state index in [1.165, 1.54) is 89.9 Å². The highest BCUT2D eigenvalue weighted by atomic mass is 16.7. The Kier molecular flexibility index (Phi) is 25.7. The van der Waals surface area contributed by atoms with E-state index in [1.54, 1.807) is 12.2 Å². The van der Waals surface area contributed by atoms with E-state index in [2.05, 4.69) is 25.2 Å². The van der Waals surface area contributed by atoms with Gasteiger partial charge in [-0.1, -0.05) is 141 Å². The van der Waals surface area contributed by atoms with Crippen molar-refractivity contribution >= 4 is 5.91 Å². The first kappa shape index (κ1) is 41.7. The van der Waals surface area contributed by atoms with Crippen molar-refractivity contribution in [3.05, 3.63) is 24.3 Å². The van der Waals surface area contributed by atoms with Crippen LogP contribution in [0.15, 0.2) is 24.3 Å². The van der Waals surface area contributed by atoms with Crippen LogP contribution in [0.5, 0.6) is 0 Å². The second-order valence-corrected chi connectivity index (χ2v) is 12.7. The summed E-state index contributed by atoms with van der Waals surface area (Å²) in [6, 6.07) is -0.828. The number of carbonyl (C=O) groups is 1. The quantitative estimate of drug-likeness (QED) is 0.0478. The molecule has 1 aliphatic heterocycles. The molecule has 7 atom stereocenters. The van der Waals surface area contributed by atoms with E-state index in [4.69, 9.17) is 9.47 Å². The molecule has 9 nitrogen and oxygen atoms in total. The maximum absolute atomic E-state index is 12.8. The highest BCUT2D eigenvalue weighted by Gasteiger charge is 2.44. The molecule has 9 heteroatoms. The van der Waals surface area contributed by atoms with Gasteiger partial charge in [0.05, 0.1) is 25.4 Å². The van der Waals surface area contributed by atoms with Gasteiger partial charge in [-0.3, -0.25) is 4.79 Å². The molecule has 6 N–H and O–H groups in total. The zero-order valence-corrected chi connectivity index (χ0v) is 28.4. The Labute approximate surface area is 273 Å². The van der Waals surface area contributed by atoms with Crippen molar-refractivity contribution in [1.29, 1.82) is 0 Å². The van der Waals surface area contributed by atoms with E-state index in [0.29, 0.717) is 6.42 Å². The van der Waals surface area contributed by atoms with Gasteiger partial charge in [-0.2, -0.15) is 0 Å². The van der Waals surface area contributed by atoms with E-state index in [1.807, 2.05) is 6.08 Å². The minimum absolute atomic E-state index is 0.199. The van der Waals surface area contributed by atoms with Crippen molar-refractivity contribution in [3.63, 3.8) is 0 Å². The molecule has 0 bridgehead atoms. The SMILES string of the molecule is CCCCCCCCC/C=C/C=C/[C@@H](O)[C@H](CO[C@@H]1O[C@H](CO)[C@@H](O)C(O)C1O)NC(=O)CCCCCCCCCCCCC. The van der Waals surface area contributed by atoms with E-state index in [0.717, 1.165) is 32.1 Å². The summed E-state index contributed by atoms with van der Waals surface area (Å²) in [6.45, 7) is 3.67. The molecule has 1 saturated heterocycles. The molecule has 0 radical (unpaired) electrons. The topological polar surface area (TPSA) is 149 Å². The third-order valence-corrected chi connectivity index (χ3v) is 8.58. The largest absolute Gasteiger partial charge is 0.394 e. The Hall–Kier alpha value is -1.33. The average Bonchev–Trinajstić information content (AvgIpc) is 3.04. The molecule has 0 spiro atoms. The number of ether oxygens (including phenoxy) is 2. The summed E-state index contributed by atoms with van der Waals surface area (Å²) >= 11 is 0. The third-order valence-electron chi connectivity index (χ3n) is 8.58. The highest BCUT2D eigenvalue weighted by Crippen LogP contribution is 2.22. The fourth-order valence-corrected chi connectivity index (χ4v) is 5.56. The van der Waals surface area contributed by atoms with Gasteiger partial charge in [-0.15, -0.1) is 0 Å². The number of rotatable bonds is 28. The molecular weight excluding hydrogens is 574 g/mol. The van der Waals surface area contributed by atoms with Gasteiger partial charge in [0.25, 0.3) is 0 Å². The number of aliphatic hydroxyl groups excluding tert-OH is 5. The number of amides is 1. The number of carbonyl (C=O) groups excluding carboxylic acids is 1. The first-order valence-electron chi connectivity index (χ1n) is 18.1. The lowest BCUT2D eigenvalue weighted by Gasteiger charge is -2.40. The normalized spacial score (nSPS) is 23.6. The molecule has 1 heterocycles. The van der Waals surface area contributed by atoms with Crippen LogP contribution >= 0.6 is 0 Å². The number of aliphatic hydroxyl groups is 5. The number of allylic oxidation sites excluding steroid dienone is 3. The van der Waals surface area contributed by atoms with Gasteiger partial charge < -0.3 is 40.3 Å². The second kappa shape index (κ2) is 27.8. The molecule has 45 heavy (non-hydrogen) atoms. The molecular formula is C36H67NO8. The molecule has 0 aliphatic carbocycles. The van der Waals surface area contributed by atoms with Gasteiger partial charge in [-0.25, -0.2) is 0 Å². The zero-order chi connectivity index (χ0) is 33.1. The van der Waals surface area contributed by atoms with Gasteiger partial charge in [0.15, 0.2) is 6.29 Å². The lowest BCUT2D eigenvalue weighted by Crippen LogP contribution is -2.60. The van der Waals surface area contributed by atoms with Crippen molar-refractivity contribution in [3.8, 4) is 0 Å². The minimum atomic E-state index is -1.57. The fourth-order valence-electron chi connectivity index (χ4n) is 5.56. The summed E-state index contributed by atoms with van der Waals surface area (Å²) in [4.78, 5) is 12.8. The Morgan fingerprint density at radius 3 is 1.84 bits per heavy atom. The maximum atomic E-state index is 12.8. The molecule has 1 rings (SSSR count). The van der Waals surface area contributed by atoms with Crippen LogP contribution in [-0.2, 0) is 14.3 Å². The van der Waals surface area contributed by atoms with Crippen LogP contribution in [0.1, 0.15) is 142 Å². The maximum Gasteiger partial charge on any atom is 0.220 e. The average molecular weight is 642 g/mol. The molecule has 0 aromatic rings. The van der Waals surface area contributed by atoms with E-state index in [9.17, 15) is 30.3 Å². The van der Waals surface area contributed by atoms with Crippen molar-refractivity contribution < 1.29 is 39.8 Å². The number of nitrogens with one attached hydrogen (secondary N) is 1. The standard InChI is InChI=1S/C36H67NO8/c1-3-5-7-9-11-13-15-17-19-21-23-25-30(39)29(28-44-36-35(43)34(42)33(41)31(27-38)45-36)37-32(40)26-24-22-20-18-16-14-12-10-8-6-4-2/h19,21,23,25,29-31,33-36,38-39,41-43H,3-18,20,22,24,26-28H2,1-2H3,(H,37,40)/b21-19+,25-23+/t29-,30+,31+,33+,34?,35?,36+/m0/s1. The Morgan fingerprint density at radius 2 is 1.29 bits per heavy atom. The summed E-state index contributed by atoms with van der Waals surface area (Å²) in [7, 11) is 0. The Bertz CT molecular complexity index is 761. The Morgan fingerprint density at radius 1 is 0.756 bits per heavy atom. The van der Waals surface area contributed by atoms with Crippen LogP contribution in [0.25, 0.3) is 0 Å². The molecule has 0 aromatic carbocycles.